The van der Waals surface area contributed by atoms with Gasteiger partial charge in [-0.2, -0.15) is 0 Å². The Balaban J connectivity index is 1.59. The zero-order valence-corrected chi connectivity index (χ0v) is 17.8. The van der Waals surface area contributed by atoms with Gasteiger partial charge in [-0.3, -0.25) is 9.59 Å². The number of amides is 2. The standard InChI is InChI=1S/C19H20B2N4O6S/c20-15(26)10-16(27)23-11-17(28)24-6-8-25(9-7-24)32-14-3-1-2-13-12(14)4-5-22-18(13)31-19(21,29)30/h1-5,10,26,29-30H,6-9,11H2,(H,23,27)/b15-10-. The largest absolute Gasteiger partial charge is 0.524 e. The summed E-state index contributed by atoms with van der Waals surface area (Å²) in [6.45, 7) is 1.96. The Bertz CT molecular complexity index is 1020. The molecule has 1 fully saturated rings. The predicted molar refractivity (Wildman–Crippen MR) is 119 cm³/mol. The van der Waals surface area contributed by atoms with E-state index >= 15 is 0 Å². The van der Waals surface area contributed by atoms with Gasteiger partial charge in [-0.1, -0.05) is 6.07 Å². The zero-order valence-electron chi connectivity index (χ0n) is 17.0. The summed E-state index contributed by atoms with van der Waals surface area (Å²) < 4.78 is 7.01. The van der Waals surface area contributed by atoms with Gasteiger partial charge in [-0.05, 0) is 30.1 Å². The molecule has 1 saturated heterocycles. The summed E-state index contributed by atoms with van der Waals surface area (Å²) in [6.07, 6.45) is 2.28. The molecule has 0 bridgehead atoms. The first-order valence-electron chi connectivity index (χ1n) is 9.57. The summed E-state index contributed by atoms with van der Waals surface area (Å²) in [5, 5.41) is 31.2. The Hall–Kier alpha value is -2.73. The van der Waals surface area contributed by atoms with Crippen LogP contribution in [0.25, 0.3) is 10.8 Å². The van der Waals surface area contributed by atoms with Gasteiger partial charge in [-0.25, -0.2) is 9.29 Å². The van der Waals surface area contributed by atoms with Crippen molar-refractivity contribution < 1.29 is 29.6 Å². The van der Waals surface area contributed by atoms with Gasteiger partial charge >= 0.3 is 0 Å². The van der Waals surface area contributed by atoms with Crippen molar-refractivity contribution >= 4 is 50.2 Å². The number of ether oxygens (including phenoxy) is 1. The molecule has 3 rings (SSSR count). The number of carbonyl (C=O) groups excluding carboxylic acids is 2. The fourth-order valence-electron chi connectivity index (χ4n) is 3.08. The molecule has 1 aliphatic rings. The van der Waals surface area contributed by atoms with Crippen LogP contribution in [-0.2, 0) is 9.59 Å². The van der Waals surface area contributed by atoms with E-state index < -0.39 is 17.4 Å². The number of nitrogens with zero attached hydrogens (tertiary/aromatic N) is 3. The van der Waals surface area contributed by atoms with Crippen LogP contribution in [0.4, 0.5) is 0 Å². The van der Waals surface area contributed by atoms with E-state index in [-0.39, 0.29) is 18.3 Å². The maximum atomic E-state index is 12.3. The molecule has 32 heavy (non-hydrogen) atoms. The van der Waals surface area contributed by atoms with Crippen LogP contribution >= 0.6 is 11.9 Å². The van der Waals surface area contributed by atoms with Gasteiger partial charge in [0, 0.05) is 59.8 Å². The third-order valence-electron chi connectivity index (χ3n) is 4.49. The van der Waals surface area contributed by atoms with E-state index in [9.17, 15) is 19.8 Å². The molecule has 0 aliphatic carbocycles. The highest BCUT2D eigenvalue weighted by Crippen LogP contribution is 2.34. The van der Waals surface area contributed by atoms with Gasteiger partial charge in [0.05, 0.1) is 6.54 Å². The number of aliphatic hydroxyl groups is 3. The van der Waals surface area contributed by atoms with Gasteiger partial charge in [0.1, 0.15) is 0 Å². The fourth-order valence-corrected chi connectivity index (χ4v) is 4.12. The van der Waals surface area contributed by atoms with Crippen LogP contribution in [0.15, 0.2) is 47.1 Å². The summed E-state index contributed by atoms with van der Waals surface area (Å²) in [4.78, 5) is 30.3. The Morgan fingerprint density at radius 1 is 1.22 bits per heavy atom. The fraction of sp³-hybridized carbons (Fsp3) is 0.316. The van der Waals surface area contributed by atoms with Gasteiger partial charge in [0.25, 0.3) is 5.87 Å². The van der Waals surface area contributed by atoms with Crippen LogP contribution in [0, 0.1) is 0 Å². The van der Waals surface area contributed by atoms with Crippen molar-refractivity contribution in [2.24, 2.45) is 0 Å². The highest BCUT2D eigenvalue weighted by molar-refractivity contribution is 7.97. The summed E-state index contributed by atoms with van der Waals surface area (Å²) >= 11 is 1.50. The van der Waals surface area contributed by atoms with Crippen molar-refractivity contribution in [2.45, 2.75) is 10.8 Å². The lowest BCUT2D eigenvalue weighted by atomic mass is 10.1. The second-order valence-corrected chi connectivity index (χ2v) is 8.05. The van der Waals surface area contributed by atoms with E-state index in [1.165, 1.54) is 18.1 Å². The van der Waals surface area contributed by atoms with Gasteiger partial charge in [-0.15, -0.1) is 0 Å². The molecule has 0 saturated carbocycles. The molecule has 4 N–H and O–H groups in total. The summed E-state index contributed by atoms with van der Waals surface area (Å²) in [7, 11) is 10.1. The molecule has 10 nitrogen and oxygen atoms in total. The summed E-state index contributed by atoms with van der Waals surface area (Å²) in [6, 6.07) is 7.23. The van der Waals surface area contributed by atoms with Gasteiger partial charge in [0.15, 0.2) is 7.85 Å². The SMILES string of the molecule is [B]/C(O)=C/C(=O)NCC(=O)N1CCN(Sc2cccc3c(OC([B])(O)O)nccc23)CC1. The topological polar surface area (TPSA) is 135 Å². The number of hydrogen-bond donors (Lipinski definition) is 4. The third-order valence-corrected chi connectivity index (χ3v) is 5.66. The summed E-state index contributed by atoms with van der Waals surface area (Å²) in [5.74, 6) is -3.72. The molecule has 0 atom stereocenters. The molecule has 1 aliphatic heterocycles. The van der Waals surface area contributed by atoms with Crippen molar-refractivity contribution in [3.05, 3.63) is 42.2 Å². The van der Waals surface area contributed by atoms with Crippen molar-refractivity contribution in [3.63, 3.8) is 0 Å². The van der Waals surface area contributed by atoms with E-state index in [1.807, 2.05) is 6.07 Å². The number of fused-ring (bicyclic) bond motifs is 1. The third kappa shape index (κ3) is 6.63. The quantitative estimate of drug-likeness (QED) is 0.140. The monoisotopic (exact) mass is 454 g/mol. The van der Waals surface area contributed by atoms with E-state index in [4.69, 9.17) is 25.5 Å². The Morgan fingerprint density at radius 2 is 1.94 bits per heavy atom. The molecular weight excluding hydrogens is 434 g/mol. The first-order valence-corrected chi connectivity index (χ1v) is 10.3. The highest BCUT2D eigenvalue weighted by Gasteiger charge is 2.23. The van der Waals surface area contributed by atoms with Crippen molar-refractivity contribution in [1.82, 2.24) is 19.5 Å². The Kier molecular flexibility index (Phi) is 7.67. The lowest BCUT2D eigenvalue weighted by Gasteiger charge is -2.34. The van der Waals surface area contributed by atoms with Crippen LogP contribution in [0.3, 0.4) is 0 Å². The number of nitrogens with one attached hydrogen (secondary N) is 1. The maximum Gasteiger partial charge on any atom is 0.261 e. The number of aliphatic hydroxyl groups excluding tert-OH is 1. The second kappa shape index (κ2) is 10.3. The molecule has 2 heterocycles. The van der Waals surface area contributed by atoms with Crippen molar-refractivity contribution in [3.8, 4) is 5.88 Å². The van der Waals surface area contributed by atoms with Crippen molar-refractivity contribution in [1.29, 1.82) is 0 Å². The minimum absolute atomic E-state index is 0.00675. The predicted octanol–water partition coefficient (Wildman–Crippen LogP) is -0.787. The first-order chi connectivity index (χ1) is 15.1. The van der Waals surface area contributed by atoms with Crippen molar-refractivity contribution in [2.75, 3.05) is 32.7 Å². The van der Waals surface area contributed by atoms with Gasteiger partial charge < -0.3 is 30.3 Å². The van der Waals surface area contributed by atoms with E-state index in [0.717, 1.165) is 16.4 Å². The van der Waals surface area contributed by atoms with Crippen LogP contribution in [0.1, 0.15) is 0 Å². The molecule has 2 amide bonds. The van der Waals surface area contributed by atoms with Crippen LogP contribution in [0.2, 0.25) is 0 Å². The lowest BCUT2D eigenvalue weighted by molar-refractivity contribution is -0.224. The number of hydrogen-bond acceptors (Lipinski definition) is 9. The molecular formula is C19H20B2N4O6S. The first kappa shape index (κ1) is 23.9. The molecule has 2 aromatic rings. The Morgan fingerprint density at radius 3 is 2.59 bits per heavy atom. The van der Waals surface area contributed by atoms with Gasteiger partial charge in [0.2, 0.25) is 25.5 Å². The van der Waals surface area contributed by atoms with Crippen LogP contribution in [0.5, 0.6) is 5.88 Å². The highest BCUT2D eigenvalue weighted by atomic mass is 32.2. The van der Waals surface area contributed by atoms with E-state index in [1.54, 1.807) is 23.1 Å². The molecule has 1 aromatic carbocycles. The summed E-state index contributed by atoms with van der Waals surface area (Å²) in [5.41, 5.74) is -0.626. The molecule has 13 heteroatoms. The number of rotatable bonds is 7. The lowest BCUT2D eigenvalue weighted by Crippen LogP contribution is -2.49. The maximum absolute atomic E-state index is 12.3. The van der Waals surface area contributed by atoms with E-state index in [0.29, 0.717) is 31.6 Å². The molecule has 4 radical (unpaired) electrons. The second-order valence-electron chi connectivity index (χ2n) is 6.92. The van der Waals surface area contributed by atoms with Crippen LogP contribution < -0.4 is 10.1 Å². The number of carbonyl (C=O) groups is 2. The molecule has 164 valence electrons. The van der Waals surface area contributed by atoms with E-state index in [2.05, 4.69) is 14.6 Å². The normalized spacial score (nSPS) is 15.6. The Labute approximate surface area is 191 Å². The average Bonchev–Trinajstić information content (AvgIpc) is 2.72. The minimum atomic E-state index is -2.84. The average molecular weight is 454 g/mol. The number of benzene rings is 1. The molecule has 1 aromatic heterocycles. The minimum Gasteiger partial charge on any atom is -0.524 e. The van der Waals surface area contributed by atoms with Crippen LogP contribution in [-0.4, -0.2) is 95.6 Å². The molecule has 0 unspecified atom stereocenters. The number of piperazine rings is 1. The molecule has 0 spiro atoms. The number of pyridine rings is 1. The smallest absolute Gasteiger partial charge is 0.261 e. The number of aromatic nitrogens is 1. The zero-order chi connectivity index (χ0) is 23.3.